The number of fused-ring (bicyclic) bond motifs is 1. The molecule has 162 valence electrons. The van der Waals surface area contributed by atoms with Crippen molar-refractivity contribution in [2.24, 2.45) is 0 Å². The Bertz CT molecular complexity index is 1110. The fraction of sp³-hybridized carbons (Fsp3) is 0.375. The van der Waals surface area contributed by atoms with E-state index in [9.17, 15) is 9.90 Å². The van der Waals surface area contributed by atoms with Gasteiger partial charge in [0.25, 0.3) is 0 Å². The second kappa shape index (κ2) is 8.89. The number of hydrogen-bond acceptors (Lipinski definition) is 6. The van der Waals surface area contributed by atoms with Crippen LogP contribution in [0.15, 0.2) is 36.5 Å². The van der Waals surface area contributed by atoms with Gasteiger partial charge >= 0.3 is 5.97 Å². The van der Waals surface area contributed by atoms with E-state index in [1.807, 2.05) is 20.8 Å². The summed E-state index contributed by atoms with van der Waals surface area (Å²) in [5.41, 5.74) is 4.35. The summed E-state index contributed by atoms with van der Waals surface area (Å²) >= 11 is 0. The first kappa shape index (κ1) is 21.1. The van der Waals surface area contributed by atoms with Crippen molar-refractivity contribution in [2.75, 3.05) is 18.5 Å². The summed E-state index contributed by atoms with van der Waals surface area (Å²) in [6, 6.07) is 9.51. The minimum Gasteiger partial charge on any atom is -0.488 e. The molecular weight excluding hydrogens is 394 g/mol. The number of pyridine rings is 2. The third-order valence-electron chi connectivity index (χ3n) is 5.57. The molecule has 1 fully saturated rings. The number of carbonyl (C=O) groups is 1. The smallest absolute Gasteiger partial charge is 0.356 e. The monoisotopic (exact) mass is 421 g/mol. The summed E-state index contributed by atoms with van der Waals surface area (Å²) in [5.74, 6) is -0.279. The zero-order chi connectivity index (χ0) is 22.0. The van der Waals surface area contributed by atoms with Crippen molar-refractivity contribution in [2.45, 2.75) is 45.8 Å². The van der Waals surface area contributed by atoms with Crippen LogP contribution in [0.4, 0.5) is 5.69 Å². The quantitative estimate of drug-likeness (QED) is 0.597. The van der Waals surface area contributed by atoms with E-state index in [0.717, 1.165) is 46.3 Å². The molecular formula is C24H27N3O4. The van der Waals surface area contributed by atoms with Crippen LogP contribution in [0.1, 0.15) is 53.1 Å². The molecule has 2 N–H and O–H groups in total. The maximum Gasteiger partial charge on any atom is 0.356 e. The Hall–Kier alpha value is -3.19. The number of carboxylic acid groups (broad SMARTS) is 1. The lowest BCUT2D eigenvalue weighted by molar-refractivity contribution is 0.0252. The number of hydrogen-bond donors (Lipinski definition) is 2. The molecule has 2 aromatic heterocycles. The minimum atomic E-state index is -1.06. The number of carboxylic acids is 1. The van der Waals surface area contributed by atoms with Crippen LogP contribution in [0.5, 0.6) is 5.75 Å². The number of aromatic nitrogens is 2. The Morgan fingerprint density at radius 3 is 2.77 bits per heavy atom. The summed E-state index contributed by atoms with van der Waals surface area (Å²) in [7, 11) is 0. The van der Waals surface area contributed by atoms with Crippen LogP contribution in [0.25, 0.3) is 10.9 Å². The standard InChI is InChI=1S/C24H27N3O4/c1-14-11-18(15(2)26-20-5-4-8-25-23(20)24(28)29)19-13-22(16(3)27-21(19)12-14)31-17-6-9-30-10-7-17/h4-5,8,11-13,15,17,26H,6-7,9-10H2,1-3H3,(H,28,29). The van der Waals surface area contributed by atoms with Crippen molar-refractivity contribution in [3.8, 4) is 5.75 Å². The van der Waals surface area contributed by atoms with Crippen LogP contribution < -0.4 is 10.1 Å². The second-order valence-corrected chi connectivity index (χ2v) is 7.99. The number of nitrogens with one attached hydrogen (secondary N) is 1. The van der Waals surface area contributed by atoms with Crippen LogP contribution in [0.3, 0.4) is 0 Å². The van der Waals surface area contributed by atoms with Gasteiger partial charge in [0.1, 0.15) is 11.9 Å². The first-order chi connectivity index (χ1) is 14.9. The first-order valence-electron chi connectivity index (χ1n) is 10.5. The fourth-order valence-corrected chi connectivity index (χ4v) is 3.98. The van der Waals surface area contributed by atoms with Crippen molar-refractivity contribution >= 4 is 22.6 Å². The maximum absolute atomic E-state index is 11.5. The number of anilines is 1. The molecule has 0 bridgehead atoms. The zero-order valence-corrected chi connectivity index (χ0v) is 18.0. The van der Waals surface area contributed by atoms with Crippen LogP contribution in [-0.2, 0) is 4.74 Å². The molecule has 1 aromatic carbocycles. The van der Waals surface area contributed by atoms with Crippen molar-refractivity contribution in [3.63, 3.8) is 0 Å². The highest BCUT2D eigenvalue weighted by molar-refractivity contribution is 5.92. The highest BCUT2D eigenvalue weighted by Gasteiger charge is 2.20. The molecule has 1 atom stereocenters. The summed E-state index contributed by atoms with van der Waals surface area (Å²) in [5, 5.41) is 13.7. The third-order valence-corrected chi connectivity index (χ3v) is 5.57. The summed E-state index contributed by atoms with van der Waals surface area (Å²) in [4.78, 5) is 20.3. The molecule has 1 aliphatic heterocycles. The van der Waals surface area contributed by atoms with Crippen LogP contribution in [0.2, 0.25) is 0 Å². The van der Waals surface area contributed by atoms with E-state index in [-0.39, 0.29) is 17.8 Å². The van der Waals surface area contributed by atoms with E-state index < -0.39 is 5.97 Å². The predicted octanol–water partition coefficient (Wildman–Crippen LogP) is 4.68. The van der Waals surface area contributed by atoms with Gasteiger partial charge in [-0.3, -0.25) is 0 Å². The van der Waals surface area contributed by atoms with Gasteiger partial charge in [0.2, 0.25) is 0 Å². The molecule has 1 aliphatic rings. The van der Waals surface area contributed by atoms with Gasteiger partial charge in [-0.2, -0.15) is 0 Å². The molecule has 3 heterocycles. The van der Waals surface area contributed by atoms with Crippen molar-refractivity contribution in [1.82, 2.24) is 9.97 Å². The van der Waals surface area contributed by atoms with E-state index in [2.05, 4.69) is 28.5 Å². The number of benzene rings is 1. The first-order valence-corrected chi connectivity index (χ1v) is 10.5. The molecule has 7 heteroatoms. The molecule has 0 aliphatic carbocycles. The SMILES string of the molecule is Cc1cc(C(C)Nc2cccnc2C(=O)O)c2cc(OC3CCOCC3)c(C)nc2c1. The van der Waals surface area contributed by atoms with Crippen LogP contribution in [-0.4, -0.2) is 40.4 Å². The molecule has 0 saturated carbocycles. The highest BCUT2D eigenvalue weighted by atomic mass is 16.5. The van der Waals surface area contributed by atoms with Gasteiger partial charge in [-0.25, -0.2) is 14.8 Å². The topological polar surface area (TPSA) is 93.6 Å². The molecule has 0 radical (unpaired) electrons. The third kappa shape index (κ3) is 4.61. The zero-order valence-electron chi connectivity index (χ0n) is 18.0. The van der Waals surface area contributed by atoms with Gasteiger partial charge in [-0.1, -0.05) is 6.07 Å². The molecule has 0 spiro atoms. The molecule has 7 nitrogen and oxygen atoms in total. The Kier molecular flexibility index (Phi) is 6.04. The number of ether oxygens (including phenoxy) is 2. The van der Waals surface area contributed by atoms with Crippen molar-refractivity contribution in [3.05, 3.63) is 59.0 Å². The lowest BCUT2D eigenvalue weighted by Crippen LogP contribution is -2.26. The van der Waals surface area contributed by atoms with Gasteiger partial charge in [0, 0.05) is 30.5 Å². The molecule has 3 aromatic rings. The van der Waals surface area contributed by atoms with Gasteiger partial charge in [-0.15, -0.1) is 0 Å². The number of aromatic carboxylic acids is 1. The summed E-state index contributed by atoms with van der Waals surface area (Å²) in [6.07, 6.45) is 3.35. The number of aryl methyl sites for hydroxylation is 2. The average molecular weight is 421 g/mol. The van der Waals surface area contributed by atoms with E-state index in [1.165, 1.54) is 6.20 Å². The highest BCUT2D eigenvalue weighted by Crippen LogP contribution is 2.32. The Balaban J connectivity index is 1.71. The van der Waals surface area contributed by atoms with E-state index >= 15 is 0 Å². The second-order valence-electron chi connectivity index (χ2n) is 7.99. The fourth-order valence-electron chi connectivity index (χ4n) is 3.98. The van der Waals surface area contributed by atoms with Gasteiger partial charge in [-0.05, 0) is 56.2 Å². The lowest BCUT2D eigenvalue weighted by Gasteiger charge is -2.25. The van der Waals surface area contributed by atoms with E-state index in [4.69, 9.17) is 14.5 Å². The van der Waals surface area contributed by atoms with Crippen molar-refractivity contribution in [1.29, 1.82) is 0 Å². The molecule has 4 rings (SSSR count). The average Bonchev–Trinajstić information content (AvgIpc) is 2.75. The Morgan fingerprint density at radius 1 is 1.26 bits per heavy atom. The van der Waals surface area contributed by atoms with Crippen molar-refractivity contribution < 1.29 is 19.4 Å². The normalized spacial score (nSPS) is 15.6. The lowest BCUT2D eigenvalue weighted by atomic mass is 9.98. The largest absolute Gasteiger partial charge is 0.488 e. The summed E-state index contributed by atoms with van der Waals surface area (Å²) in [6.45, 7) is 7.43. The van der Waals surface area contributed by atoms with Gasteiger partial charge in [0.05, 0.1) is 30.1 Å². The summed E-state index contributed by atoms with van der Waals surface area (Å²) < 4.78 is 11.7. The molecule has 1 unspecified atom stereocenters. The number of nitrogens with zero attached hydrogens (tertiary/aromatic N) is 2. The van der Waals surface area contributed by atoms with Crippen LogP contribution in [0, 0.1) is 13.8 Å². The number of rotatable bonds is 6. The predicted molar refractivity (Wildman–Crippen MR) is 119 cm³/mol. The van der Waals surface area contributed by atoms with E-state index in [0.29, 0.717) is 18.9 Å². The Labute approximate surface area is 181 Å². The van der Waals surface area contributed by atoms with Gasteiger partial charge < -0.3 is 19.9 Å². The molecule has 1 saturated heterocycles. The maximum atomic E-state index is 11.5. The molecule has 0 amide bonds. The van der Waals surface area contributed by atoms with E-state index in [1.54, 1.807) is 12.1 Å². The molecule has 31 heavy (non-hydrogen) atoms. The Morgan fingerprint density at radius 2 is 2.03 bits per heavy atom. The minimum absolute atomic E-state index is 0.00354. The van der Waals surface area contributed by atoms with Crippen LogP contribution >= 0.6 is 0 Å². The van der Waals surface area contributed by atoms with Gasteiger partial charge in [0.15, 0.2) is 5.69 Å².